The number of nitrogens with two attached hydrogens (primary N) is 1. The fraction of sp³-hybridized carbons (Fsp3) is 0.0526. The molecule has 0 saturated carbocycles. The lowest BCUT2D eigenvalue weighted by atomic mass is 10.0. The molecule has 0 radical (unpaired) electrons. The Morgan fingerprint density at radius 2 is 1.82 bits per heavy atom. The summed E-state index contributed by atoms with van der Waals surface area (Å²) in [5.41, 5.74) is 6.58. The van der Waals surface area contributed by atoms with E-state index in [1.807, 2.05) is 0 Å². The predicted molar refractivity (Wildman–Crippen MR) is 106 cm³/mol. The van der Waals surface area contributed by atoms with Crippen LogP contribution in [0.1, 0.15) is 17.2 Å². The second-order valence-corrected chi connectivity index (χ2v) is 8.39. The Bertz CT molecular complexity index is 1260. The summed E-state index contributed by atoms with van der Waals surface area (Å²) in [6.07, 6.45) is 3.02. The first-order valence-electron chi connectivity index (χ1n) is 8.24. The van der Waals surface area contributed by atoms with Gasteiger partial charge in [-0.2, -0.15) is 0 Å². The smallest absolute Gasteiger partial charge is 0.269 e. The number of halogens is 1. The molecule has 3 aromatic heterocycles. The van der Waals surface area contributed by atoms with Crippen LogP contribution in [-0.2, 0) is 10.0 Å². The van der Waals surface area contributed by atoms with Gasteiger partial charge in [-0.1, -0.05) is 35.9 Å². The average Bonchev–Trinajstić information content (AvgIpc) is 3.08. The molecule has 4 aromatic rings. The van der Waals surface area contributed by atoms with E-state index in [0.29, 0.717) is 27.4 Å². The molecular formula is C19H15ClN4O3S. The van der Waals surface area contributed by atoms with Gasteiger partial charge in [-0.15, -0.1) is 0 Å². The van der Waals surface area contributed by atoms with Gasteiger partial charge in [0, 0.05) is 35.1 Å². The minimum Gasteiger partial charge on any atom is -0.384 e. The molecule has 1 aromatic carbocycles. The van der Waals surface area contributed by atoms with Gasteiger partial charge in [0.1, 0.15) is 11.9 Å². The zero-order chi connectivity index (χ0) is 19.9. The Kier molecular flexibility index (Phi) is 4.54. The first-order valence-corrected chi connectivity index (χ1v) is 10.1. The maximum atomic E-state index is 13.1. The Labute approximate surface area is 166 Å². The van der Waals surface area contributed by atoms with E-state index in [1.54, 1.807) is 36.4 Å². The number of aliphatic hydroxyl groups excluding tert-OH is 1. The van der Waals surface area contributed by atoms with Crippen LogP contribution >= 0.6 is 11.6 Å². The number of nitrogens with zero attached hydrogens (tertiary/aromatic N) is 3. The van der Waals surface area contributed by atoms with Crippen molar-refractivity contribution in [3.63, 3.8) is 0 Å². The highest BCUT2D eigenvalue weighted by molar-refractivity contribution is 7.90. The van der Waals surface area contributed by atoms with Crippen LogP contribution in [0.25, 0.3) is 11.0 Å². The van der Waals surface area contributed by atoms with Gasteiger partial charge in [0.25, 0.3) is 10.0 Å². The van der Waals surface area contributed by atoms with E-state index in [2.05, 4.69) is 9.97 Å². The average molecular weight is 415 g/mol. The first kappa shape index (κ1) is 18.4. The highest BCUT2D eigenvalue weighted by Gasteiger charge is 2.25. The maximum absolute atomic E-state index is 13.1. The fourth-order valence-electron chi connectivity index (χ4n) is 2.94. The number of rotatable bonds is 4. The summed E-state index contributed by atoms with van der Waals surface area (Å²) in [7, 11) is -3.92. The first-order chi connectivity index (χ1) is 13.4. The number of hydrogen-bond donors (Lipinski definition) is 2. The number of anilines is 1. The number of nitrogen functional groups attached to an aromatic ring is 1. The number of hydrogen-bond acceptors (Lipinski definition) is 6. The Balaban J connectivity index is 1.94. The standard InChI is InChI=1S/C19H15ClN4O3S/c20-13-8-15-16(18(25)12-6-7-17(21)22-9-12)11-24(19(15)23-10-13)28(26,27)14-4-2-1-3-5-14/h1-11,18,25H,(H2,21,22). The highest BCUT2D eigenvalue weighted by Crippen LogP contribution is 2.33. The molecule has 0 bridgehead atoms. The monoisotopic (exact) mass is 414 g/mol. The summed E-state index contributed by atoms with van der Waals surface area (Å²) in [4.78, 5) is 8.28. The lowest BCUT2D eigenvalue weighted by Crippen LogP contribution is -2.12. The largest absolute Gasteiger partial charge is 0.384 e. The van der Waals surface area contributed by atoms with E-state index >= 15 is 0 Å². The normalized spacial score (nSPS) is 12.9. The molecule has 28 heavy (non-hydrogen) atoms. The van der Waals surface area contributed by atoms with Gasteiger partial charge in [-0.3, -0.25) is 0 Å². The van der Waals surface area contributed by atoms with Gasteiger partial charge in [0.2, 0.25) is 0 Å². The molecule has 0 amide bonds. The van der Waals surface area contributed by atoms with E-state index in [4.69, 9.17) is 17.3 Å². The number of pyridine rings is 2. The van der Waals surface area contributed by atoms with Gasteiger partial charge >= 0.3 is 0 Å². The van der Waals surface area contributed by atoms with E-state index in [1.165, 1.54) is 30.7 Å². The van der Waals surface area contributed by atoms with Crippen molar-refractivity contribution in [2.24, 2.45) is 0 Å². The number of aromatic nitrogens is 3. The lowest BCUT2D eigenvalue weighted by molar-refractivity contribution is 0.221. The van der Waals surface area contributed by atoms with Gasteiger partial charge < -0.3 is 10.8 Å². The van der Waals surface area contributed by atoms with Crippen LogP contribution < -0.4 is 5.73 Å². The van der Waals surface area contributed by atoms with Crippen molar-refractivity contribution in [1.29, 1.82) is 0 Å². The summed E-state index contributed by atoms with van der Waals surface area (Å²) in [6.45, 7) is 0. The molecule has 1 atom stereocenters. The Hall–Kier alpha value is -2.94. The van der Waals surface area contributed by atoms with Crippen LogP contribution in [0.15, 0.2) is 72.0 Å². The minimum atomic E-state index is -3.92. The molecule has 0 spiro atoms. The predicted octanol–water partition coefficient (Wildman–Crippen LogP) is 2.99. The summed E-state index contributed by atoms with van der Waals surface area (Å²) >= 11 is 6.07. The topological polar surface area (TPSA) is 111 Å². The van der Waals surface area contributed by atoms with E-state index in [9.17, 15) is 13.5 Å². The molecule has 4 rings (SSSR count). The molecule has 142 valence electrons. The van der Waals surface area contributed by atoms with E-state index in [0.717, 1.165) is 3.97 Å². The molecule has 7 nitrogen and oxygen atoms in total. The Morgan fingerprint density at radius 3 is 2.50 bits per heavy atom. The van der Waals surface area contributed by atoms with Crippen LogP contribution in [0.5, 0.6) is 0 Å². The van der Waals surface area contributed by atoms with Crippen molar-refractivity contribution in [2.75, 3.05) is 5.73 Å². The van der Waals surface area contributed by atoms with Crippen LogP contribution in [0.3, 0.4) is 0 Å². The van der Waals surface area contributed by atoms with Gasteiger partial charge in [-0.05, 0) is 24.3 Å². The maximum Gasteiger partial charge on any atom is 0.269 e. The van der Waals surface area contributed by atoms with E-state index < -0.39 is 16.1 Å². The van der Waals surface area contributed by atoms with E-state index in [-0.39, 0.29) is 10.5 Å². The number of aliphatic hydroxyl groups is 1. The van der Waals surface area contributed by atoms with Crippen molar-refractivity contribution in [1.82, 2.24) is 13.9 Å². The number of benzene rings is 1. The molecule has 9 heteroatoms. The van der Waals surface area contributed by atoms with Crippen molar-refractivity contribution in [3.8, 4) is 0 Å². The third-order valence-corrected chi connectivity index (χ3v) is 6.20. The molecular weight excluding hydrogens is 400 g/mol. The Morgan fingerprint density at radius 1 is 1.07 bits per heavy atom. The molecule has 3 N–H and O–H groups in total. The molecule has 0 aliphatic heterocycles. The zero-order valence-electron chi connectivity index (χ0n) is 14.4. The lowest BCUT2D eigenvalue weighted by Gasteiger charge is -2.10. The zero-order valence-corrected chi connectivity index (χ0v) is 16.0. The molecule has 0 aliphatic carbocycles. The summed E-state index contributed by atoms with van der Waals surface area (Å²) in [5, 5.41) is 11.6. The van der Waals surface area contributed by atoms with Gasteiger partial charge in [-0.25, -0.2) is 22.4 Å². The minimum absolute atomic E-state index is 0.110. The van der Waals surface area contributed by atoms with Crippen LogP contribution in [0.4, 0.5) is 5.82 Å². The van der Waals surface area contributed by atoms with Crippen LogP contribution in [0, 0.1) is 0 Å². The summed E-state index contributed by atoms with van der Waals surface area (Å²) in [5.74, 6) is 0.315. The molecule has 3 heterocycles. The summed E-state index contributed by atoms with van der Waals surface area (Å²) in [6, 6.07) is 12.8. The fourth-order valence-corrected chi connectivity index (χ4v) is 4.45. The van der Waals surface area contributed by atoms with Crippen LogP contribution in [-0.4, -0.2) is 27.5 Å². The highest BCUT2D eigenvalue weighted by atomic mass is 35.5. The van der Waals surface area contributed by atoms with Gasteiger partial charge in [0.15, 0.2) is 5.65 Å². The van der Waals surface area contributed by atoms with Crippen molar-refractivity contribution >= 4 is 38.5 Å². The third-order valence-electron chi connectivity index (χ3n) is 4.33. The second-order valence-electron chi connectivity index (χ2n) is 6.14. The summed E-state index contributed by atoms with van der Waals surface area (Å²) < 4.78 is 27.3. The second kappa shape index (κ2) is 6.90. The van der Waals surface area contributed by atoms with Gasteiger partial charge in [0.05, 0.1) is 9.92 Å². The van der Waals surface area contributed by atoms with Crippen molar-refractivity contribution in [2.45, 2.75) is 11.0 Å². The molecule has 1 unspecified atom stereocenters. The van der Waals surface area contributed by atoms with Crippen LogP contribution in [0.2, 0.25) is 5.02 Å². The molecule has 0 fully saturated rings. The SMILES string of the molecule is Nc1ccc(C(O)c2cn(S(=O)(=O)c3ccccc3)c3ncc(Cl)cc23)cn1. The third kappa shape index (κ3) is 3.11. The number of fused-ring (bicyclic) bond motifs is 1. The quantitative estimate of drug-likeness (QED) is 0.531. The molecule has 0 aliphatic rings. The van der Waals surface area contributed by atoms with Crippen molar-refractivity contribution < 1.29 is 13.5 Å². The van der Waals surface area contributed by atoms with Crippen molar-refractivity contribution in [3.05, 3.63) is 83.3 Å². The molecule has 0 saturated heterocycles.